The average molecular weight is 371 g/mol. The first kappa shape index (κ1) is 19.7. The van der Waals surface area contributed by atoms with Gasteiger partial charge in [0.2, 0.25) is 0 Å². The Morgan fingerprint density at radius 1 is 1.11 bits per heavy atom. The number of aliphatic hydroxyl groups is 1. The molecule has 0 aliphatic carbocycles. The fraction of sp³-hybridized carbons (Fsp3) is 0.478. The van der Waals surface area contributed by atoms with Crippen molar-refractivity contribution < 1.29 is 19.5 Å². The van der Waals surface area contributed by atoms with Gasteiger partial charge in [0, 0.05) is 18.4 Å². The first-order valence-electron chi connectivity index (χ1n) is 9.96. The van der Waals surface area contributed by atoms with Crippen molar-refractivity contribution in [2.24, 2.45) is 0 Å². The molecule has 1 aliphatic rings. The maximum absolute atomic E-state index is 10.6. The molecule has 0 bridgehead atoms. The molecule has 2 aromatic carbocycles. The average Bonchev–Trinajstić information content (AvgIpc) is 3.14. The summed E-state index contributed by atoms with van der Waals surface area (Å²) in [5.74, 6) is 2.17. The van der Waals surface area contributed by atoms with Crippen LogP contribution in [0.1, 0.15) is 49.8 Å². The van der Waals surface area contributed by atoms with Gasteiger partial charge in [-0.05, 0) is 41.8 Å². The lowest BCUT2D eigenvalue weighted by Gasteiger charge is -2.25. The van der Waals surface area contributed by atoms with E-state index in [1.54, 1.807) is 7.11 Å². The van der Waals surface area contributed by atoms with Gasteiger partial charge in [0.05, 0.1) is 13.7 Å². The van der Waals surface area contributed by atoms with E-state index in [1.807, 2.05) is 30.3 Å². The summed E-state index contributed by atoms with van der Waals surface area (Å²) in [6.45, 7) is 6.46. The lowest BCUT2D eigenvalue weighted by molar-refractivity contribution is -0.921. The third kappa shape index (κ3) is 5.02. The van der Waals surface area contributed by atoms with Crippen LogP contribution in [-0.4, -0.2) is 38.0 Å². The summed E-state index contributed by atoms with van der Waals surface area (Å²) < 4.78 is 11.2. The van der Waals surface area contributed by atoms with E-state index in [0.29, 0.717) is 25.1 Å². The van der Waals surface area contributed by atoms with E-state index in [1.165, 1.54) is 22.4 Å². The maximum Gasteiger partial charge on any atom is 0.137 e. The Balaban J connectivity index is 1.57. The van der Waals surface area contributed by atoms with Crippen molar-refractivity contribution in [3.63, 3.8) is 0 Å². The second-order valence-electron chi connectivity index (χ2n) is 7.74. The number of nitrogens with one attached hydrogen (secondary N) is 1. The maximum atomic E-state index is 10.6. The predicted octanol–water partition coefficient (Wildman–Crippen LogP) is 2.98. The lowest BCUT2D eigenvalue weighted by atomic mass is 10.0. The van der Waals surface area contributed by atoms with Gasteiger partial charge in [-0.3, -0.25) is 0 Å². The molecular weight excluding hydrogens is 338 g/mol. The Hall–Kier alpha value is -2.04. The van der Waals surface area contributed by atoms with Gasteiger partial charge in [-0.1, -0.05) is 32.0 Å². The summed E-state index contributed by atoms with van der Waals surface area (Å²) in [5, 5.41) is 10.6. The van der Waals surface area contributed by atoms with Crippen LogP contribution in [0.15, 0.2) is 48.5 Å². The number of ether oxygens (including phenoxy) is 2. The number of likely N-dealkylation sites (tertiary alicyclic amines) is 1. The van der Waals surface area contributed by atoms with Crippen LogP contribution >= 0.6 is 0 Å². The third-order valence-electron chi connectivity index (χ3n) is 5.47. The fourth-order valence-corrected chi connectivity index (χ4v) is 4.03. The van der Waals surface area contributed by atoms with Gasteiger partial charge in [0.1, 0.15) is 36.8 Å². The zero-order valence-electron chi connectivity index (χ0n) is 16.7. The Morgan fingerprint density at radius 3 is 2.56 bits per heavy atom. The molecule has 4 nitrogen and oxygen atoms in total. The smallest absolute Gasteiger partial charge is 0.137 e. The molecule has 3 atom stereocenters. The molecular formula is C23H32NO3+. The molecule has 0 amide bonds. The van der Waals surface area contributed by atoms with Crippen LogP contribution in [0.4, 0.5) is 0 Å². The second-order valence-corrected chi connectivity index (χ2v) is 7.74. The summed E-state index contributed by atoms with van der Waals surface area (Å²) in [5.41, 5.74) is 2.51. The molecule has 1 fully saturated rings. The predicted molar refractivity (Wildman–Crippen MR) is 108 cm³/mol. The number of hydrogen-bond acceptors (Lipinski definition) is 3. The number of para-hydroxylation sites is 1. The number of benzene rings is 2. The van der Waals surface area contributed by atoms with E-state index >= 15 is 0 Å². The largest absolute Gasteiger partial charge is 0.497 e. The Bertz CT molecular complexity index is 714. The topological polar surface area (TPSA) is 43.1 Å². The quantitative estimate of drug-likeness (QED) is 0.751. The van der Waals surface area contributed by atoms with Crippen LogP contribution in [0, 0.1) is 0 Å². The highest BCUT2D eigenvalue weighted by atomic mass is 16.5. The molecule has 1 aliphatic heterocycles. The van der Waals surface area contributed by atoms with E-state index in [4.69, 9.17) is 9.47 Å². The van der Waals surface area contributed by atoms with Gasteiger partial charge in [-0.15, -0.1) is 0 Å². The molecule has 4 heteroatoms. The van der Waals surface area contributed by atoms with Crippen molar-refractivity contribution in [3.05, 3.63) is 59.7 Å². The van der Waals surface area contributed by atoms with E-state index in [9.17, 15) is 5.11 Å². The van der Waals surface area contributed by atoms with Crippen LogP contribution in [0.3, 0.4) is 0 Å². The molecule has 1 saturated heterocycles. The van der Waals surface area contributed by atoms with Crippen molar-refractivity contribution in [3.8, 4) is 11.5 Å². The lowest BCUT2D eigenvalue weighted by Crippen LogP contribution is -3.11. The highest BCUT2D eigenvalue weighted by molar-refractivity contribution is 5.35. The minimum Gasteiger partial charge on any atom is -0.497 e. The van der Waals surface area contributed by atoms with Crippen molar-refractivity contribution in [1.29, 1.82) is 0 Å². The summed E-state index contributed by atoms with van der Waals surface area (Å²) in [6.07, 6.45) is 1.88. The minimum absolute atomic E-state index is 0.336. The molecule has 1 unspecified atom stereocenters. The van der Waals surface area contributed by atoms with Gasteiger partial charge < -0.3 is 19.5 Å². The second kappa shape index (κ2) is 9.25. The fourth-order valence-electron chi connectivity index (χ4n) is 4.03. The number of aliphatic hydroxyl groups excluding tert-OH is 1. The van der Waals surface area contributed by atoms with Crippen LogP contribution in [-0.2, 0) is 0 Å². The summed E-state index contributed by atoms with van der Waals surface area (Å²) in [6, 6.07) is 16.9. The van der Waals surface area contributed by atoms with Crippen molar-refractivity contribution in [1.82, 2.24) is 0 Å². The molecule has 0 radical (unpaired) electrons. The van der Waals surface area contributed by atoms with E-state index in [2.05, 4.69) is 32.0 Å². The Morgan fingerprint density at radius 2 is 1.85 bits per heavy atom. The normalized spacial score (nSPS) is 20.6. The number of rotatable bonds is 8. The third-order valence-corrected chi connectivity index (χ3v) is 5.47. The molecule has 27 heavy (non-hydrogen) atoms. The van der Waals surface area contributed by atoms with Gasteiger partial charge in [-0.2, -0.15) is 0 Å². The molecule has 0 spiro atoms. The van der Waals surface area contributed by atoms with Gasteiger partial charge in [0.25, 0.3) is 0 Å². The summed E-state index contributed by atoms with van der Waals surface area (Å²) in [4.78, 5) is 1.44. The minimum atomic E-state index is -0.473. The zero-order valence-corrected chi connectivity index (χ0v) is 16.7. The van der Waals surface area contributed by atoms with Gasteiger partial charge >= 0.3 is 0 Å². The van der Waals surface area contributed by atoms with Crippen LogP contribution in [0.2, 0.25) is 0 Å². The first-order valence-corrected chi connectivity index (χ1v) is 9.96. The van der Waals surface area contributed by atoms with E-state index in [0.717, 1.165) is 24.5 Å². The SMILES string of the molecule is COc1ccc([C@H]2CCC[NH+]2C[C@H](O)COc2ccccc2C(C)C)cc1. The Kier molecular flexibility index (Phi) is 6.75. The molecule has 0 saturated carbocycles. The standard InChI is InChI=1S/C23H31NO3/c1-17(2)21-7-4-5-9-23(21)27-16-19(25)15-24-14-6-8-22(24)18-10-12-20(26-3)13-11-18/h4-5,7,9-13,17,19,22,25H,6,8,14-16H2,1-3H3/p+1/t19-,22+/m0/s1. The van der Waals surface area contributed by atoms with Crippen LogP contribution in [0.5, 0.6) is 11.5 Å². The summed E-state index contributed by atoms with van der Waals surface area (Å²) in [7, 11) is 1.69. The molecule has 3 rings (SSSR count). The molecule has 146 valence electrons. The zero-order chi connectivity index (χ0) is 19.2. The number of hydrogen-bond donors (Lipinski definition) is 2. The molecule has 1 heterocycles. The number of methoxy groups -OCH3 is 1. The highest BCUT2D eigenvalue weighted by Crippen LogP contribution is 2.26. The van der Waals surface area contributed by atoms with Crippen molar-refractivity contribution in [2.45, 2.75) is 44.8 Å². The van der Waals surface area contributed by atoms with Crippen molar-refractivity contribution >= 4 is 0 Å². The van der Waals surface area contributed by atoms with Gasteiger partial charge in [0.15, 0.2) is 0 Å². The molecule has 0 aromatic heterocycles. The Labute approximate surface area is 162 Å². The summed E-state index contributed by atoms with van der Waals surface area (Å²) >= 11 is 0. The monoisotopic (exact) mass is 370 g/mol. The van der Waals surface area contributed by atoms with E-state index in [-0.39, 0.29) is 0 Å². The van der Waals surface area contributed by atoms with E-state index < -0.39 is 6.10 Å². The number of quaternary nitrogens is 1. The highest BCUT2D eigenvalue weighted by Gasteiger charge is 2.31. The van der Waals surface area contributed by atoms with Crippen LogP contribution in [0.25, 0.3) is 0 Å². The van der Waals surface area contributed by atoms with Gasteiger partial charge in [-0.25, -0.2) is 0 Å². The molecule has 2 aromatic rings. The first-order chi connectivity index (χ1) is 13.1. The van der Waals surface area contributed by atoms with Crippen LogP contribution < -0.4 is 14.4 Å². The molecule has 2 N–H and O–H groups in total. The van der Waals surface area contributed by atoms with Crippen molar-refractivity contribution in [2.75, 3.05) is 26.8 Å².